The number of hydrogen-bond acceptors (Lipinski definition) is 2. The third-order valence-electron chi connectivity index (χ3n) is 4.69. The first-order chi connectivity index (χ1) is 8.71. The Morgan fingerprint density at radius 2 is 1.94 bits per heavy atom. The summed E-state index contributed by atoms with van der Waals surface area (Å²) < 4.78 is 0. The van der Waals surface area contributed by atoms with E-state index in [1.807, 2.05) is 30.3 Å². The highest BCUT2D eigenvalue weighted by molar-refractivity contribution is 5.22. The highest BCUT2D eigenvalue weighted by Gasteiger charge is 2.49. The molecule has 0 amide bonds. The minimum atomic E-state index is -0.308. The first-order valence-electron chi connectivity index (χ1n) is 7.18. The fraction of sp³-hybridized carbons (Fsp3) is 0.625. The first-order valence-corrected chi connectivity index (χ1v) is 7.18. The van der Waals surface area contributed by atoms with Crippen molar-refractivity contribution >= 4 is 0 Å². The summed E-state index contributed by atoms with van der Waals surface area (Å²) in [7, 11) is 0. The SMILES string of the molecule is CC(NCC1(C(O)c2ccccc2)CC1)C1CC1. The smallest absolute Gasteiger partial charge is 0.0858 e. The van der Waals surface area contributed by atoms with E-state index < -0.39 is 0 Å². The Balaban J connectivity index is 1.60. The van der Waals surface area contributed by atoms with Crippen LogP contribution < -0.4 is 5.32 Å². The van der Waals surface area contributed by atoms with E-state index in [1.54, 1.807) is 0 Å². The predicted octanol–water partition coefficient (Wildman–Crippen LogP) is 2.89. The third kappa shape index (κ3) is 2.45. The van der Waals surface area contributed by atoms with Crippen molar-refractivity contribution in [1.29, 1.82) is 0 Å². The minimum absolute atomic E-state index is 0.102. The Kier molecular flexibility index (Phi) is 3.16. The van der Waals surface area contributed by atoms with Gasteiger partial charge < -0.3 is 10.4 Å². The Morgan fingerprint density at radius 3 is 2.50 bits per heavy atom. The van der Waals surface area contributed by atoms with Crippen LogP contribution in [-0.2, 0) is 0 Å². The normalized spacial score (nSPS) is 24.6. The molecule has 2 N–H and O–H groups in total. The maximum atomic E-state index is 10.5. The lowest BCUT2D eigenvalue weighted by atomic mass is 9.92. The second-order valence-electron chi connectivity index (χ2n) is 6.18. The molecular weight excluding hydrogens is 222 g/mol. The van der Waals surface area contributed by atoms with E-state index in [9.17, 15) is 5.11 Å². The Hall–Kier alpha value is -0.860. The van der Waals surface area contributed by atoms with E-state index in [1.165, 1.54) is 12.8 Å². The maximum Gasteiger partial charge on any atom is 0.0858 e. The average molecular weight is 245 g/mol. The molecule has 0 radical (unpaired) electrons. The maximum absolute atomic E-state index is 10.5. The zero-order chi connectivity index (χ0) is 12.6. The van der Waals surface area contributed by atoms with E-state index in [4.69, 9.17) is 0 Å². The van der Waals surface area contributed by atoms with Crippen LogP contribution in [0.4, 0.5) is 0 Å². The lowest BCUT2D eigenvalue weighted by Gasteiger charge is -2.25. The molecule has 1 aromatic carbocycles. The van der Waals surface area contributed by atoms with Gasteiger partial charge >= 0.3 is 0 Å². The van der Waals surface area contributed by atoms with Crippen LogP contribution in [0.5, 0.6) is 0 Å². The van der Waals surface area contributed by atoms with Gasteiger partial charge in [0.05, 0.1) is 6.10 Å². The van der Waals surface area contributed by atoms with Crippen LogP contribution in [0.2, 0.25) is 0 Å². The molecule has 0 saturated heterocycles. The highest BCUT2D eigenvalue weighted by Crippen LogP contribution is 2.54. The van der Waals surface area contributed by atoms with Crippen LogP contribution in [-0.4, -0.2) is 17.7 Å². The van der Waals surface area contributed by atoms with Gasteiger partial charge in [0.15, 0.2) is 0 Å². The van der Waals surface area contributed by atoms with E-state index in [0.717, 1.165) is 30.9 Å². The van der Waals surface area contributed by atoms with E-state index >= 15 is 0 Å². The molecule has 2 nitrogen and oxygen atoms in total. The summed E-state index contributed by atoms with van der Waals surface area (Å²) in [6.45, 7) is 3.24. The Labute approximate surface area is 109 Å². The topological polar surface area (TPSA) is 32.3 Å². The van der Waals surface area contributed by atoms with Crippen LogP contribution in [0.15, 0.2) is 30.3 Å². The van der Waals surface area contributed by atoms with Crippen molar-refractivity contribution in [2.75, 3.05) is 6.54 Å². The largest absolute Gasteiger partial charge is 0.388 e. The van der Waals surface area contributed by atoms with Crippen molar-refractivity contribution < 1.29 is 5.11 Å². The molecular formula is C16H23NO. The molecule has 0 aliphatic heterocycles. The molecule has 2 aliphatic rings. The minimum Gasteiger partial charge on any atom is -0.388 e. The second-order valence-corrected chi connectivity index (χ2v) is 6.18. The standard InChI is InChI=1S/C16H23NO/c1-12(13-7-8-13)17-11-16(9-10-16)15(18)14-5-3-2-4-6-14/h2-6,12-13,15,17-18H,7-11H2,1H3. The number of benzene rings is 1. The summed E-state index contributed by atoms with van der Waals surface area (Å²) in [5, 5.41) is 14.2. The number of rotatable bonds is 6. The molecule has 2 fully saturated rings. The van der Waals surface area contributed by atoms with Gasteiger partial charge in [-0.05, 0) is 44.1 Å². The number of hydrogen-bond donors (Lipinski definition) is 2. The van der Waals surface area contributed by atoms with Crippen LogP contribution in [0.3, 0.4) is 0 Å². The van der Waals surface area contributed by atoms with E-state index in [2.05, 4.69) is 12.2 Å². The summed E-state index contributed by atoms with van der Waals surface area (Å²) in [5.74, 6) is 0.884. The average Bonchev–Trinajstić information content (AvgIpc) is 3.30. The van der Waals surface area contributed by atoms with Crippen LogP contribution in [0.1, 0.15) is 44.3 Å². The van der Waals surface area contributed by atoms with Gasteiger partial charge in [0.2, 0.25) is 0 Å². The van der Waals surface area contributed by atoms with Crippen LogP contribution in [0.25, 0.3) is 0 Å². The van der Waals surface area contributed by atoms with Crippen molar-refractivity contribution in [3.63, 3.8) is 0 Å². The molecule has 2 unspecified atom stereocenters. The van der Waals surface area contributed by atoms with Gasteiger partial charge in [-0.15, -0.1) is 0 Å². The predicted molar refractivity (Wildman–Crippen MR) is 73.3 cm³/mol. The van der Waals surface area contributed by atoms with Gasteiger partial charge in [0, 0.05) is 18.0 Å². The monoisotopic (exact) mass is 245 g/mol. The van der Waals surface area contributed by atoms with Gasteiger partial charge in [-0.25, -0.2) is 0 Å². The summed E-state index contributed by atoms with van der Waals surface area (Å²) in [5.41, 5.74) is 1.17. The third-order valence-corrected chi connectivity index (χ3v) is 4.69. The molecule has 98 valence electrons. The number of aliphatic hydroxyl groups excluding tert-OH is 1. The van der Waals surface area contributed by atoms with Crippen LogP contribution in [0, 0.1) is 11.3 Å². The molecule has 3 rings (SSSR count). The molecule has 0 spiro atoms. The van der Waals surface area contributed by atoms with Gasteiger partial charge in [-0.2, -0.15) is 0 Å². The molecule has 0 bridgehead atoms. The van der Waals surface area contributed by atoms with E-state index in [0.29, 0.717) is 6.04 Å². The molecule has 18 heavy (non-hydrogen) atoms. The lowest BCUT2D eigenvalue weighted by molar-refractivity contribution is 0.0898. The molecule has 1 aromatic rings. The summed E-state index contributed by atoms with van der Waals surface area (Å²) in [4.78, 5) is 0. The number of aliphatic hydroxyl groups is 1. The fourth-order valence-electron chi connectivity index (χ4n) is 2.82. The van der Waals surface area contributed by atoms with Gasteiger partial charge in [0.25, 0.3) is 0 Å². The summed E-state index contributed by atoms with van der Waals surface area (Å²) >= 11 is 0. The zero-order valence-corrected chi connectivity index (χ0v) is 11.1. The molecule has 2 atom stereocenters. The zero-order valence-electron chi connectivity index (χ0n) is 11.1. The van der Waals surface area contributed by atoms with Gasteiger partial charge in [-0.3, -0.25) is 0 Å². The van der Waals surface area contributed by atoms with Crippen molar-refractivity contribution in [3.8, 4) is 0 Å². The molecule has 2 heteroatoms. The highest BCUT2D eigenvalue weighted by atomic mass is 16.3. The van der Waals surface area contributed by atoms with Crippen molar-refractivity contribution in [1.82, 2.24) is 5.32 Å². The van der Waals surface area contributed by atoms with E-state index in [-0.39, 0.29) is 11.5 Å². The Morgan fingerprint density at radius 1 is 1.28 bits per heavy atom. The van der Waals surface area contributed by atoms with Crippen molar-refractivity contribution in [2.45, 2.75) is 44.8 Å². The summed E-state index contributed by atoms with van der Waals surface area (Å²) in [6.07, 6.45) is 4.74. The second kappa shape index (κ2) is 4.67. The van der Waals surface area contributed by atoms with Crippen molar-refractivity contribution in [3.05, 3.63) is 35.9 Å². The number of nitrogens with one attached hydrogen (secondary N) is 1. The first kappa shape index (κ1) is 12.2. The van der Waals surface area contributed by atoms with Crippen LogP contribution >= 0.6 is 0 Å². The molecule has 2 saturated carbocycles. The van der Waals surface area contributed by atoms with Crippen molar-refractivity contribution in [2.24, 2.45) is 11.3 Å². The lowest BCUT2D eigenvalue weighted by Crippen LogP contribution is -2.35. The van der Waals surface area contributed by atoms with Gasteiger partial charge in [-0.1, -0.05) is 30.3 Å². The fourth-order valence-corrected chi connectivity index (χ4v) is 2.82. The quantitative estimate of drug-likeness (QED) is 0.807. The molecule has 0 heterocycles. The molecule has 0 aromatic heterocycles. The molecule has 2 aliphatic carbocycles. The Bertz CT molecular complexity index is 395. The van der Waals surface area contributed by atoms with Gasteiger partial charge in [0.1, 0.15) is 0 Å². The summed E-state index contributed by atoms with van der Waals surface area (Å²) in [6, 6.07) is 10.7.